The number of pyridine rings is 4. The first-order chi connectivity index (χ1) is 40.1. The Bertz CT molecular complexity index is 3800. The minimum atomic E-state index is -0.285. The van der Waals surface area contributed by atoms with Gasteiger partial charge >= 0.3 is 0 Å². The van der Waals surface area contributed by atoms with Gasteiger partial charge in [-0.15, -0.1) is 23.9 Å². The van der Waals surface area contributed by atoms with Gasteiger partial charge in [-0.05, 0) is 114 Å². The Hall–Kier alpha value is -9.05. The average molecular weight is 1280 g/mol. The summed E-state index contributed by atoms with van der Waals surface area (Å²) in [5.41, 5.74) is 15.8. The van der Waals surface area contributed by atoms with Crippen molar-refractivity contribution in [3.63, 3.8) is 0 Å². The summed E-state index contributed by atoms with van der Waals surface area (Å²) in [6.45, 7) is 1.90. The predicted octanol–water partition coefficient (Wildman–Crippen LogP) is 12.3. The van der Waals surface area contributed by atoms with Crippen LogP contribution in [0.2, 0.25) is 0 Å². The maximum Gasteiger partial charge on any atom is 0.158 e. The number of benzene rings is 5. The fourth-order valence-electron chi connectivity index (χ4n) is 12.9. The normalized spacial score (nSPS) is 19.1. The van der Waals surface area contributed by atoms with Crippen LogP contribution >= 0.6 is 0 Å². The molecule has 0 fully saturated rings. The monoisotopic (exact) mass is 1280 g/mol. The molecule has 83 heavy (non-hydrogen) atoms. The molecule has 0 aliphatic carbocycles. The second-order valence-corrected chi connectivity index (χ2v) is 21.6. The first-order valence-corrected chi connectivity index (χ1v) is 27.7. The molecular formula is C66H60F2IrN14-2. The van der Waals surface area contributed by atoms with Gasteiger partial charge in [0.1, 0.15) is 36.3 Å². The third kappa shape index (κ3) is 9.18. The molecule has 0 saturated carbocycles. The maximum absolute atomic E-state index is 13.3. The second-order valence-electron chi connectivity index (χ2n) is 21.6. The van der Waals surface area contributed by atoms with E-state index in [-0.39, 0.29) is 37.9 Å². The van der Waals surface area contributed by atoms with Crippen molar-refractivity contribution in [1.82, 2.24) is 24.8 Å². The van der Waals surface area contributed by atoms with E-state index in [1.807, 2.05) is 72.3 Å². The summed E-state index contributed by atoms with van der Waals surface area (Å²) < 4.78 is 26.1. The second kappa shape index (κ2) is 21.7. The molecule has 13 heterocycles. The molecule has 9 aliphatic rings. The predicted molar refractivity (Wildman–Crippen MR) is 324 cm³/mol. The molecule has 9 aliphatic heterocycles. The van der Waals surface area contributed by atoms with E-state index in [0.29, 0.717) is 18.5 Å². The number of para-hydroxylation sites is 3. The van der Waals surface area contributed by atoms with Crippen LogP contribution in [0.15, 0.2) is 195 Å². The van der Waals surface area contributed by atoms with Gasteiger partial charge in [0.15, 0.2) is 17.5 Å². The number of anilines is 13. The van der Waals surface area contributed by atoms with Crippen molar-refractivity contribution in [2.75, 3.05) is 79.3 Å². The molecule has 0 spiro atoms. The van der Waals surface area contributed by atoms with Crippen LogP contribution in [0.25, 0.3) is 0 Å². The number of halogens is 2. The Morgan fingerprint density at radius 1 is 0.422 bits per heavy atom. The molecule has 0 N–H and O–H groups in total. The van der Waals surface area contributed by atoms with E-state index in [2.05, 4.69) is 197 Å². The summed E-state index contributed by atoms with van der Waals surface area (Å²) in [5, 5.41) is 0. The molecule has 0 saturated heterocycles. The molecular weight excluding hydrogens is 1220 g/mol. The number of fused-ring (bicyclic) bond motifs is 19. The van der Waals surface area contributed by atoms with Gasteiger partial charge in [0.2, 0.25) is 0 Å². The molecule has 1 radical (unpaired) electrons. The quantitative estimate of drug-likeness (QED) is 0.146. The van der Waals surface area contributed by atoms with Crippen LogP contribution in [0.5, 0.6) is 0 Å². The summed E-state index contributed by atoms with van der Waals surface area (Å²) >= 11 is 0. The van der Waals surface area contributed by atoms with Crippen molar-refractivity contribution in [2.45, 2.75) is 50.3 Å². The number of hydrogen-bond donors (Lipinski definition) is 0. The van der Waals surface area contributed by atoms with Crippen molar-refractivity contribution in [3.05, 3.63) is 242 Å². The van der Waals surface area contributed by atoms with Gasteiger partial charge in [-0.3, -0.25) is 4.39 Å². The van der Waals surface area contributed by atoms with E-state index in [1.165, 1.54) is 63.3 Å². The largest absolute Gasteiger partial charge is 0.492 e. The fraction of sp³-hybridized carbons (Fsp3) is 0.197. The van der Waals surface area contributed by atoms with Crippen LogP contribution in [0.4, 0.5) is 83.2 Å². The molecule has 4 atom stereocenters. The van der Waals surface area contributed by atoms with E-state index < -0.39 is 0 Å². The van der Waals surface area contributed by atoms with Gasteiger partial charge < -0.3 is 49.0 Å². The van der Waals surface area contributed by atoms with E-state index in [9.17, 15) is 8.78 Å². The van der Waals surface area contributed by atoms with Crippen LogP contribution in [0.3, 0.4) is 0 Å². The summed E-state index contributed by atoms with van der Waals surface area (Å²) in [6.07, 6.45) is 17.3. The van der Waals surface area contributed by atoms with E-state index in [0.717, 1.165) is 77.3 Å². The number of likely N-dealkylation sites (N-methyl/N-ethyl adjacent to an activating group) is 4. The van der Waals surface area contributed by atoms with E-state index in [4.69, 9.17) is 0 Å². The number of hydrogen-bond acceptors (Lipinski definition) is 14. The molecule has 18 rings (SSSR count). The Kier molecular flexibility index (Phi) is 13.9. The smallest absolute Gasteiger partial charge is 0.158 e. The molecule has 4 aromatic heterocycles. The van der Waals surface area contributed by atoms with Gasteiger partial charge in [0.25, 0.3) is 0 Å². The summed E-state index contributed by atoms with van der Waals surface area (Å²) in [7, 11) is 10.4. The zero-order valence-electron chi connectivity index (χ0n) is 46.5. The van der Waals surface area contributed by atoms with Gasteiger partial charge in [-0.2, -0.15) is 12.7 Å². The van der Waals surface area contributed by atoms with Crippen molar-refractivity contribution >= 4 is 74.5 Å². The van der Waals surface area contributed by atoms with Crippen molar-refractivity contribution in [3.8, 4) is 0 Å². The minimum absolute atomic E-state index is 0. The topological polar surface area (TPSA) is 84.0 Å². The molecule has 9 aromatic rings. The average Bonchev–Trinajstić information content (AvgIpc) is 4.33. The third-order valence-corrected chi connectivity index (χ3v) is 16.9. The zero-order chi connectivity index (χ0) is 55.8. The maximum atomic E-state index is 13.3. The molecule has 14 nitrogen and oxygen atoms in total. The number of nitrogens with zero attached hydrogens (tertiary/aromatic N) is 14. The van der Waals surface area contributed by atoms with E-state index >= 15 is 0 Å². The number of aromatic nitrogens is 4. The van der Waals surface area contributed by atoms with Crippen molar-refractivity contribution in [2.24, 2.45) is 0 Å². The Morgan fingerprint density at radius 2 is 0.892 bits per heavy atom. The summed E-state index contributed by atoms with van der Waals surface area (Å²) in [5.74, 6) is 3.57. The summed E-state index contributed by atoms with van der Waals surface area (Å²) in [6, 6.07) is 54.4. The van der Waals surface area contributed by atoms with Crippen LogP contribution in [0, 0.1) is 24.4 Å². The molecule has 4 unspecified atom stereocenters. The minimum Gasteiger partial charge on any atom is -0.492 e. The first-order valence-electron chi connectivity index (χ1n) is 27.7. The molecule has 5 aromatic carbocycles. The summed E-state index contributed by atoms with van der Waals surface area (Å²) in [4.78, 5) is 40.0. The van der Waals surface area contributed by atoms with Crippen LogP contribution < -0.4 is 44.1 Å². The first kappa shape index (κ1) is 53.3. The van der Waals surface area contributed by atoms with Crippen LogP contribution in [-0.4, -0.2) is 84.7 Å². The number of rotatable bonds is 1. The van der Waals surface area contributed by atoms with Gasteiger partial charge in [0, 0.05) is 140 Å². The van der Waals surface area contributed by atoms with Crippen LogP contribution in [0.1, 0.15) is 22.3 Å². The molecule has 0 amide bonds. The Labute approximate surface area is 496 Å². The van der Waals surface area contributed by atoms with E-state index in [1.54, 1.807) is 24.5 Å². The van der Waals surface area contributed by atoms with Crippen molar-refractivity contribution in [1.29, 1.82) is 0 Å². The van der Waals surface area contributed by atoms with Crippen molar-refractivity contribution < 1.29 is 28.9 Å². The van der Waals surface area contributed by atoms with Crippen LogP contribution in [-0.2, 0) is 45.8 Å². The standard InChI is InChI=1S/C14H12FN3.2C14H13N3.C13H10FN3.C11H12N2.Ir/c1-17-12-3-2-6-16-14(12)18-11-5-4-10(15)7-9(11)8-13(17)18;1-16-13-9-10-5-2-3-6-11(10)17(13)12-7-4-8-15-14(12)16;1-16-12-7-4-8-15-14(12)17-11-6-3-2-5-10(11)9-13(16)17;1-16-9-17(11-6-4-10(14)5-7-11)12-3-2-8-15-13(12)16;1-12-6-7-13-10-5-3-2-4-9(10)8-11(12)13;/h2-7,13H,8H2,1H3;2*2-8,13H,9H2,1H3;2-6,8-9H,1H3;2-7,11H,8H2,1H3;/q;;;-2;;. The molecule has 0 bridgehead atoms. The Morgan fingerprint density at radius 3 is 1.51 bits per heavy atom. The zero-order valence-corrected chi connectivity index (χ0v) is 48.9. The Balaban J connectivity index is 0.0000000971. The van der Waals surface area contributed by atoms with Gasteiger partial charge in [0.05, 0.1) is 22.7 Å². The van der Waals surface area contributed by atoms with Gasteiger partial charge in [-0.1, -0.05) is 54.6 Å². The fourth-order valence-corrected chi connectivity index (χ4v) is 12.9. The SMILES string of the molecule is CN1C=CN2c3ccccc3CC12.CN1[CH-]N(c2[c-]cc(F)cc2)c2cccnc21.CN1c2cccnc2N2c3ccc(F)cc3CC12.CN1c2cccnc2N2c3ccccc3CC12.CN1c2ncccc2N2c3ccccc3CC12.[Ir]. The molecule has 17 heteroatoms. The van der Waals surface area contributed by atoms with Gasteiger partial charge in [-0.25, -0.2) is 24.3 Å². The third-order valence-electron chi connectivity index (χ3n) is 16.9. The molecule has 419 valence electrons.